The van der Waals surface area contributed by atoms with E-state index in [1.165, 1.54) is 40.6 Å². The molecule has 0 bridgehead atoms. The number of hydrogen-bond donors (Lipinski definition) is 0. The van der Waals surface area contributed by atoms with Gasteiger partial charge in [-0.3, -0.25) is 14.9 Å². The molecule has 0 aliphatic carbocycles. The van der Waals surface area contributed by atoms with E-state index in [1.54, 1.807) is 24.3 Å². The van der Waals surface area contributed by atoms with Gasteiger partial charge in [-0.1, -0.05) is 12.1 Å². The number of carbonyl (C=O) groups is 1. The zero-order chi connectivity index (χ0) is 21.1. The minimum Gasteiger partial charge on any atom is -0.493 e. The summed E-state index contributed by atoms with van der Waals surface area (Å²) >= 11 is 0. The second kappa shape index (κ2) is 8.05. The van der Waals surface area contributed by atoms with Crippen molar-refractivity contribution < 1.29 is 28.7 Å². The molecule has 0 spiro atoms. The lowest BCUT2D eigenvalue weighted by Crippen LogP contribution is -1.99. The lowest BCUT2D eigenvalue weighted by atomic mass is 9.93. The molecule has 8 heteroatoms. The van der Waals surface area contributed by atoms with Gasteiger partial charge in [0.2, 0.25) is 0 Å². The van der Waals surface area contributed by atoms with E-state index in [9.17, 15) is 14.9 Å². The van der Waals surface area contributed by atoms with Crippen molar-refractivity contribution in [1.29, 1.82) is 0 Å². The van der Waals surface area contributed by atoms with Crippen molar-refractivity contribution in [2.24, 2.45) is 0 Å². The fourth-order valence-electron chi connectivity index (χ4n) is 3.27. The van der Waals surface area contributed by atoms with Crippen LogP contribution in [-0.2, 0) is 0 Å². The van der Waals surface area contributed by atoms with Gasteiger partial charge in [0.15, 0.2) is 29.3 Å². The number of benzene rings is 3. The number of methoxy groups -OCH3 is 4. The van der Waals surface area contributed by atoms with E-state index in [4.69, 9.17) is 18.9 Å². The molecule has 0 heterocycles. The Balaban J connectivity index is 2.38. The van der Waals surface area contributed by atoms with Crippen molar-refractivity contribution in [2.75, 3.05) is 28.4 Å². The van der Waals surface area contributed by atoms with Crippen molar-refractivity contribution in [3.05, 3.63) is 52.1 Å². The highest BCUT2D eigenvalue weighted by atomic mass is 16.6. The van der Waals surface area contributed by atoms with Gasteiger partial charge in [0.1, 0.15) is 0 Å². The Bertz CT molecular complexity index is 1110. The lowest BCUT2D eigenvalue weighted by molar-refractivity contribution is -0.384. The van der Waals surface area contributed by atoms with E-state index in [-0.39, 0.29) is 17.0 Å². The van der Waals surface area contributed by atoms with E-state index < -0.39 is 4.92 Å². The molecule has 0 amide bonds. The largest absolute Gasteiger partial charge is 0.493 e. The summed E-state index contributed by atoms with van der Waals surface area (Å²) < 4.78 is 21.1. The predicted molar refractivity (Wildman–Crippen MR) is 108 cm³/mol. The van der Waals surface area contributed by atoms with Crippen LogP contribution in [0.15, 0.2) is 36.4 Å². The van der Waals surface area contributed by atoms with Gasteiger partial charge in [0, 0.05) is 5.56 Å². The molecule has 0 atom stereocenters. The quantitative estimate of drug-likeness (QED) is 0.334. The van der Waals surface area contributed by atoms with Crippen molar-refractivity contribution in [3.8, 4) is 34.1 Å². The molecule has 0 N–H and O–H groups in total. The fourth-order valence-corrected chi connectivity index (χ4v) is 3.27. The first-order valence-corrected chi connectivity index (χ1v) is 8.53. The molecule has 8 nitrogen and oxygen atoms in total. The number of carbonyl (C=O) groups excluding carboxylic acids is 1. The maximum atomic E-state index is 12.0. The summed E-state index contributed by atoms with van der Waals surface area (Å²) in [4.78, 5) is 23.2. The van der Waals surface area contributed by atoms with Gasteiger partial charge in [0.25, 0.3) is 5.69 Å². The second-order valence-corrected chi connectivity index (χ2v) is 6.05. The Morgan fingerprint density at radius 3 is 1.90 bits per heavy atom. The Hall–Kier alpha value is -3.81. The first kappa shape index (κ1) is 19.9. The number of nitro benzene ring substituents is 1. The number of nitrogens with zero attached hydrogens (tertiary/aromatic N) is 1. The number of rotatable bonds is 7. The van der Waals surface area contributed by atoms with E-state index >= 15 is 0 Å². The molecule has 0 aliphatic rings. The molecule has 150 valence electrons. The van der Waals surface area contributed by atoms with E-state index in [0.717, 1.165) is 5.39 Å². The average Bonchev–Trinajstić information content (AvgIpc) is 2.75. The van der Waals surface area contributed by atoms with Crippen LogP contribution in [0.2, 0.25) is 0 Å². The standard InChI is InChI=1S/C21H19NO7/c1-26-18-7-12-5-6-13(16(11-23)14(12)8-19(18)27-2)15-9-20(28-3)21(29-4)10-17(15)22(24)25/h5-11H,1-4H3. The van der Waals surface area contributed by atoms with Crippen molar-refractivity contribution in [1.82, 2.24) is 0 Å². The van der Waals surface area contributed by atoms with Crippen LogP contribution in [0, 0.1) is 10.1 Å². The zero-order valence-corrected chi connectivity index (χ0v) is 16.3. The Morgan fingerprint density at radius 1 is 0.793 bits per heavy atom. The Morgan fingerprint density at radius 2 is 1.34 bits per heavy atom. The normalized spacial score (nSPS) is 10.5. The smallest absolute Gasteiger partial charge is 0.281 e. The Kier molecular flexibility index (Phi) is 5.54. The van der Waals surface area contributed by atoms with Crippen LogP contribution in [0.5, 0.6) is 23.0 Å². The van der Waals surface area contributed by atoms with Gasteiger partial charge in [0.05, 0.1) is 45.0 Å². The third kappa shape index (κ3) is 3.40. The molecule has 3 rings (SSSR count). The summed E-state index contributed by atoms with van der Waals surface area (Å²) in [7, 11) is 5.85. The number of fused-ring (bicyclic) bond motifs is 1. The molecular weight excluding hydrogens is 378 g/mol. The van der Waals surface area contributed by atoms with Gasteiger partial charge in [-0.2, -0.15) is 0 Å². The third-order valence-corrected chi connectivity index (χ3v) is 4.67. The molecule has 0 saturated heterocycles. The molecule has 0 fully saturated rings. The first-order chi connectivity index (χ1) is 14.0. The maximum absolute atomic E-state index is 12.0. The van der Waals surface area contributed by atoms with Crippen molar-refractivity contribution in [3.63, 3.8) is 0 Å². The average molecular weight is 397 g/mol. The fraction of sp³-hybridized carbons (Fsp3) is 0.190. The van der Waals surface area contributed by atoms with Gasteiger partial charge in [-0.15, -0.1) is 0 Å². The molecule has 3 aromatic rings. The molecule has 3 aromatic carbocycles. The van der Waals surface area contributed by atoms with Crippen molar-refractivity contribution in [2.45, 2.75) is 0 Å². The highest BCUT2D eigenvalue weighted by molar-refractivity contribution is 6.06. The lowest BCUT2D eigenvalue weighted by Gasteiger charge is -2.15. The van der Waals surface area contributed by atoms with Crippen LogP contribution in [-0.4, -0.2) is 39.6 Å². The molecule has 29 heavy (non-hydrogen) atoms. The molecule has 0 aliphatic heterocycles. The SMILES string of the molecule is COc1cc(-c2ccc3cc(OC)c(OC)cc3c2C=O)c([N+](=O)[O-])cc1OC. The number of nitro groups is 1. The summed E-state index contributed by atoms with van der Waals surface area (Å²) in [5.41, 5.74) is 0.725. The molecule has 0 aromatic heterocycles. The summed E-state index contributed by atoms with van der Waals surface area (Å²) in [5.74, 6) is 1.50. The molecule has 0 unspecified atom stereocenters. The monoisotopic (exact) mass is 397 g/mol. The van der Waals surface area contributed by atoms with E-state index in [1.807, 2.05) is 0 Å². The highest BCUT2D eigenvalue weighted by Gasteiger charge is 2.24. The van der Waals surface area contributed by atoms with Crippen LogP contribution in [0.4, 0.5) is 5.69 Å². The van der Waals surface area contributed by atoms with Crippen molar-refractivity contribution >= 4 is 22.7 Å². The van der Waals surface area contributed by atoms with Crippen LogP contribution < -0.4 is 18.9 Å². The van der Waals surface area contributed by atoms with E-state index in [0.29, 0.717) is 40.0 Å². The number of aldehydes is 1. The molecule has 0 saturated carbocycles. The topological polar surface area (TPSA) is 97.1 Å². The van der Waals surface area contributed by atoms with Gasteiger partial charge < -0.3 is 18.9 Å². The van der Waals surface area contributed by atoms with Gasteiger partial charge in [-0.25, -0.2) is 0 Å². The highest BCUT2D eigenvalue weighted by Crippen LogP contribution is 2.43. The van der Waals surface area contributed by atoms with E-state index in [2.05, 4.69) is 0 Å². The predicted octanol–water partition coefficient (Wildman–Crippen LogP) is 4.26. The van der Waals surface area contributed by atoms with Gasteiger partial charge in [-0.05, 0) is 34.5 Å². The summed E-state index contributed by atoms with van der Waals surface area (Å²) in [6, 6.07) is 9.61. The third-order valence-electron chi connectivity index (χ3n) is 4.67. The van der Waals surface area contributed by atoms with Crippen LogP contribution in [0.1, 0.15) is 10.4 Å². The van der Waals surface area contributed by atoms with Crippen LogP contribution in [0.25, 0.3) is 21.9 Å². The second-order valence-electron chi connectivity index (χ2n) is 6.05. The summed E-state index contributed by atoms with van der Waals surface area (Å²) in [5, 5.41) is 13.0. The minimum atomic E-state index is -0.523. The minimum absolute atomic E-state index is 0.203. The molecular formula is C21H19NO7. The number of ether oxygens (including phenoxy) is 4. The zero-order valence-electron chi connectivity index (χ0n) is 16.3. The maximum Gasteiger partial charge on any atom is 0.281 e. The molecule has 0 radical (unpaired) electrons. The van der Waals surface area contributed by atoms with Crippen LogP contribution >= 0.6 is 0 Å². The van der Waals surface area contributed by atoms with Gasteiger partial charge >= 0.3 is 0 Å². The number of hydrogen-bond acceptors (Lipinski definition) is 7. The Labute approximate surface area is 166 Å². The summed E-state index contributed by atoms with van der Waals surface area (Å²) in [6.45, 7) is 0. The van der Waals surface area contributed by atoms with Crippen LogP contribution in [0.3, 0.4) is 0 Å². The summed E-state index contributed by atoms with van der Waals surface area (Å²) in [6.07, 6.45) is 0.671. The first-order valence-electron chi connectivity index (χ1n) is 8.53.